The molecule has 5 heteroatoms. The van der Waals surface area contributed by atoms with Crippen LogP contribution in [0.5, 0.6) is 11.5 Å². The van der Waals surface area contributed by atoms with Crippen molar-refractivity contribution in [3.05, 3.63) is 30.1 Å². The third kappa shape index (κ3) is 1.85. The minimum Gasteiger partial charge on any atom is -0.486 e. The van der Waals surface area contributed by atoms with Crippen molar-refractivity contribution in [1.29, 1.82) is 0 Å². The Labute approximate surface area is 98.6 Å². The second-order valence-corrected chi connectivity index (χ2v) is 3.82. The molecule has 17 heavy (non-hydrogen) atoms. The van der Waals surface area contributed by atoms with Gasteiger partial charge in [-0.3, -0.25) is 0 Å². The molecule has 1 aliphatic rings. The van der Waals surface area contributed by atoms with Crippen LogP contribution in [0.25, 0.3) is 11.4 Å². The van der Waals surface area contributed by atoms with Crippen LogP contribution in [0.1, 0.15) is 5.69 Å². The van der Waals surface area contributed by atoms with E-state index in [0.29, 0.717) is 19.8 Å². The number of nitrogens with two attached hydrogens (primary N) is 1. The summed E-state index contributed by atoms with van der Waals surface area (Å²) in [5.41, 5.74) is 7.41. The lowest BCUT2D eigenvalue weighted by atomic mass is 10.2. The van der Waals surface area contributed by atoms with Crippen molar-refractivity contribution < 1.29 is 9.47 Å². The largest absolute Gasteiger partial charge is 0.486 e. The molecule has 2 aromatic rings. The lowest BCUT2D eigenvalue weighted by Gasteiger charge is -2.18. The standard InChI is InChI=1S/C12H13N3O2/c13-6-9-7-14-12(15-9)8-1-2-10-11(5-8)17-4-3-16-10/h1-2,5,7H,3-4,6,13H2,(H,14,15). The second kappa shape index (κ2) is 4.10. The van der Waals surface area contributed by atoms with Crippen molar-refractivity contribution in [3.63, 3.8) is 0 Å². The molecule has 2 heterocycles. The van der Waals surface area contributed by atoms with Crippen LogP contribution in [0.4, 0.5) is 0 Å². The van der Waals surface area contributed by atoms with Gasteiger partial charge in [0.2, 0.25) is 0 Å². The highest BCUT2D eigenvalue weighted by Crippen LogP contribution is 2.33. The Hall–Kier alpha value is -2.01. The predicted octanol–water partition coefficient (Wildman–Crippen LogP) is 1.31. The maximum Gasteiger partial charge on any atom is 0.162 e. The van der Waals surface area contributed by atoms with E-state index in [1.54, 1.807) is 6.20 Å². The van der Waals surface area contributed by atoms with Crippen molar-refractivity contribution >= 4 is 0 Å². The minimum atomic E-state index is 0.456. The number of aromatic nitrogens is 2. The molecule has 5 nitrogen and oxygen atoms in total. The number of fused-ring (bicyclic) bond motifs is 1. The third-order valence-electron chi connectivity index (χ3n) is 2.66. The van der Waals surface area contributed by atoms with Gasteiger partial charge in [-0.05, 0) is 18.2 Å². The van der Waals surface area contributed by atoms with Crippen molar-refractivity contribution in [2.24, 2.45) is 5.73 Å². The molecule has 0 radical (unpaired) electrons. The molecule has 0 amide bonds. The van der Waals surface area contributed by atoms with Crippen LogP contribution in [0.15, 0.2) is 24.4 Å². The van der Waals surface area contributed by atoms with Crippen LogP contribution < -0.4 is 15.2 Å². The van der Waals surface area contributed by atoms with E-state index in [0.717, 1.165) is 28.6 Å². The lowest BCUT2D eigenvalue weighted by molar-refractivity contribution is 0.171. The molecular formula is C12H13N3O2. The van der Waals surface area contributed by atoms with Gasteiger partial charge in [-0.2, -0.15) is 0 Å². The normalized spacial score (nSPS) is 13.7. The van der Waals surface area contributed by atoms with Crippen LogP contribution in [-0.2, 0) is 6.54 Å². The van der Waals surface area contributed by atoms with E-state index in [9.17, 15) is 0 Å². The molecule has 1 aromatic heterocycles. The minimum absolute atomic E-state index is 0.456. The zero-order chi connectivity index (χ0) is 11.7. The van der Waals surface area contributed by atoms with Gasteiger partial charge in [0.25, 0.3) is 0 Å². The summed E-state index contributed by atoms with van der Waals surface area (Å²) >= 11 is 0. The average molecular weight is 231 g/mol. The summed E-state index contributed by atoms with van der Waals surface area (Å²) in [5, 5.41) is 0. The summed E-state index contributed by atoms with van der Waals surface area (Å²) in [4.78, 5) is 7.43. The number of aromatic amines is 1. The third-order valence-corrected chi connectivity index (χ3v) is 2.66. The topological polar surface area (TPSA) is 73.2 Å². The van der Waals surface area contributed by atoms with Crippen molar-refractivity contribution in [2.45, 2.75) is 6.54 Å². The molecule has 0 saturated heterocycles. The number of nitrogens with one attached hydrogen (secondary N) is 1. The predicted molar refractivity (Wildman–Crippen MR) is 62.9 cm³/mol. The highest BCUT2D eigenvalue weighted by Gasteiger charge is 2.13. The van der Waals surface area contributed by atoms with Crippen LogP contribution in [0.2, 0.25) is 0 Å². The molecule has 3 rings (SSSR count). The molecule has 0 fully saturated rings. The summed E-state index contributed by atoms with van der Waals surface area (Å²) in [6.45, 7) is 1.64. The van der Waals surface area contributed by atoms with Crippen molar-refractivity contribution in [2.75, 3.05) is 13.2 Å². The van der Waals surface area contributed by atoms with Crippen LogP contribution in [-0.4, -0.2) is 23.2 Å². The summed E-state index contributed by atoms with van der Waals surface area (Å²) in [6.07, 6.45) is 1.74. The number of H-pyrrole nitrogens is 1. The fourth-order valence-corrected chi connectivity index (χ4v) is 1.80. The Bertz CT molecular complexity index is 536. The molecule has 1 aromatic carbocycles. The summed E-state index contributed by atoms with van der Waals surface area (Å²) in [5.74, 6) is 2.34. The smallest absolute Gasteiger partial charge is 0.162 e. The second-order valence-electron chi connectivity index (χ2n) is 3.82. The molecule has 0 aliphatic carbocycles. The highest BCUT2D eigenvalue weighted by atomic mass is 16.6. The number of ether oxygens (including phenoxy) is 2. The van der Waals surface area contributed by atoms with Gasteiger partial charge in [0.05, 0.1) is 0 Å². The van der Waals surface area contributed by atoms with Gasteiger partial charge in [-0.25, -0.2) is 4.98 Å². The summed E-state index contributed by atoms with van der Waals surface area (Å²) in [6, 6.07) is 5.77. The van der Waals surface area contributed by atoms with E-state index >= 15 is 0 Å². The fourth-order valence-electron chi connectivity index (χ4n) is 1.80. The number of nitrogens with zero attached hydrogens (tertiary/aromatic N) is 1. The average Bonchev–Trinajstić information content (AvgIpc) is 2.87. The first-order chi connectivity index (χ1) is 8.36. The van der Waals surface area contributed by atoms with Gasteiger partial charge in [0.15, 0.2) is 11.5 Å². The zero-order valence-corrected chi connectivity index (χ0v) is 9.27. The Balaban J connectivity index is 1.97. The van der Waals surface area contributed by atoms with E-state index in [2.05, 4.69) is 9.97 Å². The van der Waals surface area contributed by atoms with E-state index in [4.69, 9.17) is 15.2 Å². The maximum atomic E-state index is 5.54. The Morgan fingerprint density at radius 1 is 1.24 bits per heavy atom. The first kappa shape index (κ1) is 10.2. The van der Waals surface area contributed by atoms with E-state index in [1.165, 1.54) is 0 Å². The van der Waals surface area contributed by atoms with E-state index < -0.39 is 0 Å². The summed E-state index contributed by atoms with van der Waals surface area (Å²) in [7, 11) is 0. The van der Waals surface area contributed by atoms with Gasteiger partial charge in [0, 0.05) is 24.0 Å². The molecule has 0 unspecified atom stereocenters. The molecule has 0 atom stereocenters. The molecular weight excluding hydrogens is 218 g/mol. The zero-order valence-electron chi connectivity index (χ0n) is 9.27. The molecule has 3 N–H and O–H groups in total. The van der Waals surface area contributed by atoms with E-state index in [-0.39, 0.29) is 0 Å². The number of hydrogen-bond donors (Lipinski definition) is 2. The molecule has 1 aliphatic heterocycles. The van der Waals surface area contributed by atoms with Crippen LogP contribution in [0.3, 0.4) is 0 Å². The Morgan fingerprint density at radius 2 is 2.06 bits per heavy atom. The molecule has 0 bridgehead atoms. The first-order valence-electron chi connectivity index (χ1n) is 5.51. The van der Waals surface area contributed by atoms with Crippen molar-refractivity contribution in [3.8, 4) is 22.9 Å². The number of rotatable bonds is 2. The molecule has 0 spiro atoms. The number of imidazole rings is 1. The monoisotopic (exact) mass is 231 g/mol. The quantitative estimate of drug-likeness (QED) is 0.817. The Morgan fingerprint density at radius 3 is 2.82 bits per heavy atom. The maximum absolute atomic E-state index is 5.54. The first-order valence-corrected chi connectivity index (χ1v) is 5.51. The van der Waals surface area contributed by atoms with Gasteiger partial charge >= 0.3 is 0 Å². The summed E-state index contributed by atoms with van der Waals surface area (Å²) < 4.78 is 11.0. The van der Waals surface area contributed by atoms with Gasteiger partial charge < -0.3 is 20.2 Å². The highest BCUT2D eigenvalue weighted by molar-refractivity contribution is 5.61. The molecule has 88 valence electrons. The van der Waals surface area contributed by atoms with Gasteiger partial charge in [-0.1, -0.05) is 0 Å². The number of benzene rings is 1. The van der Waals surface area contributed by atoms with Crippen molar-refractivity contribution in [1.82, 2.24) is 9.97 Å². The van der Waals surface area contributed by atoms with Gasteiger partial charge in [0.1, 0.15) is 19.0 Å². The van der Waals surface area contributed by atoms with E-state index in [1.807, 2.05) is 18.2 Å². The van der Waals surface area contributed by atoms with Crippen LogP contribution >= 0.6 is 0 Å². The SMILES string of the molecule is NCc1cnc(-c2ccc3c(c2)OCCO3)[nH]1. The lowest BCUT2D eigenvalue weighted by Crippen LogP contribution is -2.15. The molecule has 0 saturated carbocycles. The van der Waals surface area contributed by atoms with Gasteiger partial charge in [-0.15, -0.1) is 0 Å². The fraction of sp³-hybridized carbons (Fsp3) is 0.250. The van der Waals surface area contributed by atoms with Crippen LogP contribution in [0, 0.1) is 0 Å². The Kier molecular flexibility index (Phi) is 2.45. The number of hydrogen-bond acceptors (Lipinski definition) is 4.